The van der Waals surface area contributed by atoms with Gasteiger partial charge in [0.15, 0.2) is 0 Å². The first kappa shape index (κ1) is 8.38. The van der Waals surface area contributed by atoms with Gasteiger partial charge in [0, 0.05) is 0 Å². The van der Waals surface area contributed by atoms with Crippen molar-refractivity contribution in [3.8, 4) is 0 Å². The van der Waals surface area contributed by atoms with Crippen molar-refractivity contribution in [2.24, 2.45) is 5.41 Å². The monoisotopic (exact) mass is 152 g/mol. The Labute approximate surface area is 68.4 Å². The molecular formula is C10H16O. The summed E-state index contributed by atoms with van der Waals surface area (Å²) in [6, 6.07) is 0. The van der Waals surface area contributed by atoms with E-state index in [9.17, 15) is 5.11 Å². The molecule has 0 amide bonds. The van der Waals surface area contributed by atoms with Crippen LogP contribution < -0.4 is 0 Å². The van der Waals surface area contributed by atoms with E-state index in [0.717, 1.165) is 18.4 Å². The van der Waals surface area contributed by atoms with Crippen molar-refractivity contribution < 1.29 is 5.11 Å². The van der Waals surface area contributed by atoms with Crippen molar-refractivity contribution in [2.45, 2.75) is 33.6 Å². The molecule has 0 fully saturated rings. The van der Waals surface area contributed by atoms with Crippen LogP contribution >= 0.6 is 0 Å². The molecule has 0 aromatic rings. The third-order valence-electron chi connectivity index (χ3n) is 1.94. The Morgan fingerprint density at radius 3 is 2.09 bits per heavy atom. The summed E-state index contributed by atoms with van der Waals surface area (Å²) in [5.74, 6) is 0.476. The van der Waals surface area contributed by atoms with Crippen LogP contribution in [-0.4, -0.2) is 5.11 Å². The second kappa shape index (κ2) is 2.72. The second-order valence-corrected chi connectivity index (χ2v) is 4.03. The van der Waals surface area contributed by atoms with Crippen LogP contribution in [0.15, 0.2) is 23.5 Å². The first-order chi connectivity index (χ1) is 5.02. The standard InChI is InChI=1S/C10H16O/c1-10(2,3)8-6-4-5-7-9(8)11/h6-7,11H,4-5H2,1-3H3. The van der Waals surface area contributed by atoms with Gasteiger partial charge < -0.3 is 5.11 Å². The molecule has 1 aliphatic rings. The van der Waals surface area contributed by atoms with Crippen molar-refractivity contribution in [2.75, 3.05) is 0 Å². The minimum absolute atomic E-state index is 0.0843. The number of hydrogen-bond acceptors (Lipinski definition) is 1. The van der Waals surface area contributed by atoms with Crippen molar-refractivity contribution in [3.05, 3.63) is 23.5 Å². The zero-order valence-electron chi connectivity index (χ0n) is 7.52. The topological polar surface area (TPSA) is 20.2 Å². The van der Waals surface area contributed by atoms with E-state index in [1.807, 2.05) is 6.08 Å². The van der Waals surface area contributed by atoms with Gasteiger partial charge in [-0.05, 0) is 29.9 Å². The van der Waals surface area contributed by atoms with E-state index in [1.54, 1.807) is 0 Å². The Morgan fingerprint density at radius 2 is 1.73 bits per heavy atom. The Bertz CT molecular complexity index is 203. The molecule has 0 atom stereocenters. The van der Waals surface area contributed by atoms with E-state index in [-0.39, 0.29) is 5.41 Å². The number of aliphatic hydroxyl groups excluding tert-OH is 1. The molecule has 1 aliphatic carbocycles. The number of hydrogen-bond donors (Lipinski definition) is 1. The Balaban J connectivity index is 2.87. The number of aliphatic hydroxyl groups is 1. The maximum absolute atomic E-state index is 9.50. The normalized spacial score (nSPS) is 19.2. The van der Waals surface area contributed by atoms with Gasteiger partial charge in [-0.25, -0.2) is 0 Å². The molecule has 1 nitrogen and oxygen atoms in total. The fraction of sp³-hybridized carbons (Fsp3) is 0.600. The highest BCUT2D eigenvalue weighted by Gasteiger charge is 2.21. The van der Waals surface area contributed by atoms with Crippen molar-refractivity contribution in [3.63, 3.8) is 0 Å². The summed E-state index contributed by atoms with van der Waals surface area (Å²) in [5.41, 5.74) is 1.17. The van der Waals surface area contributed by atoms with E-state index in [2.05, 4.69) is 26.8 Å². The molecule has 0 aliphatic heterocycles. The van der Waals surface area contributed by atoms with Crippen LogP contribution in [0.25, 0.3) is 0 Å². The van der Waals surface area contributed by atoms with E-state index in [1.165, 1.54) is 0 Å². The van der Waals surface area contributed by atoms with Gasteiger partial charge in [-0.1, -0.05) is 26.8 Å². The molecule has 0 saturated heterocycles. The molecule has 1 N–H and O–H groups in total. The third kappa shape index (κ3) is 1.86. The Kier molecular flexibility index (Phi) is 2.08. The van der Waals surface area contributed by atoms with Crippen LogP contribution in [0.4, 0.5) is 0 Å². The first-order valence-electron chi connectivity index (χ1n) is 4.12. The average molecular weight is 152 g/mol. The minimum atomic E-state index is 0.0843. The van der Waals surface area contributed by atoms with Gasteiger partial charge in [0.2, 0.25) is 0 Å². The summed E-state index contributed by atoms with van der Waals surface area (Å²) in [5, 5.41) is 9.50. The Hall–Kier alpha value is -0.720. The third-order valence-corrected chi connectivity index (χ3v) is 1.94. The molecule has 0 radical (unpaired) electrons. The minimum Gasteiger partial charge on any atom is -0.508 e. The molecular weight excluding hydrogens is 136 g/mol. The van der Waals surface area contributed by atoms with E-state index >= 15 is 0 Å². The van der Waals surface area contributed by atoms with Gasteiger partial charge in [0.1, 0.15) is 5.76 Å². The van der Waals surface area contributed by atoms with Crippen LogP contribution in [0.1, 0.15) is 33.6 Å². The fourth-order valence-electron chi connectivity index (χ4n) is 1.35. The van der Waals surface area contributed by atoms with Crippen molar-refractivity contribution in [1.82, 2.24) is 0 Å². The highest BCUT2D eigenvalue weighted by Crippen LogP contribution is 2.32. The van der Waals surface area contributed by atoms with Crippen LogP contribution in [0.5, 0.6) is 0 Å². The second-order valence-electron chi connectivity index (χ2n) is 4.03. The predicted octanol–water partition coefficient (Wildman–Crippen LogP) is 3.19. The number of rotatable bonds is 0. The van der Waals surface area contributed by atoms with E-state index in [0.29, 0.717) is 5.76 Å². The van der Waals surface area contributed by atoms with Crippen molar-refractivity contribution in [1.29, 1.82) is 0 Å². The highest BCUT2D eigenvalue weighted by atomic mass is 16.3. The molecule has 0 bridgehead atoms. The molecule has 62 valence electrons. The first-order valence-corrected chi connectivity index (χ1v) is 4.12. The summed E-state index contributed by atoms with van der Waals surface area (Å²) in [7, 11) is 0. The molecule has 0 heterocycles. The maximum Gasteiger partial charge on any atom is 0.115 e. The zero-order valence-corrected chi connectivity index (χ0v) is 7.52. The van der Waals surface area contributed by atoms with Gasteiger partial charge in [0.25, 0.3) is 0 Å². The summed E-state index contributed by atoms with van der Waals surface area (Å²) < 4.78 is 0. The van der Waals surface area contributed by atoms with Gasteiger partial charge in [-0.2, -0.15) is 0 Å². The number of allylic oxidation sites excluding steroid dienone is 3. The van der Waals surface area contributed by atoms with E-state index in [4.69, 9.17) is 0 Å². The van der Waals surface area contributed by atoms with E-state index < -0.39 is 0 Å². The van der Waals surface area contributed by atoms with Crippen LogP contribution in [0.3, 0.4) is 0 Å². The Morgan fingerprint density at radius 1 is 1.18 bits per heavy atom. The molecule has 1 heteroatoms. The van der Waals surface area contributed by atoms with Gasteiger partial charge in [0.05, 0.1) is 0 Å². The molecule has 0 aromatic heterocycles. The zero-order chi connectivity index (χ0) is 8.48. The van der Waals surface area contributed by atoms with Crippen LogP contribution in [0, 0.1) is 5.41 Å². The molecule has 0 saturated carbocycles. The lowest BCUT2D eigenvalue weighted by atomic mass is 9.82. The SMILES string of the molecule is CC(C)(C)C1=CCCC=C1O. The van der Waals surface area contributed by atoms with Crippen LogP contribution in [-0.2, 0) is 0 Å². The summed E-state index contributed by atoms with van der Waals surface area (Å²) >= 11 is 0. The lowest BCUT2D eigenvalue weighted by Gasteiger charge is -2.24. The van der Waals surface area contributed by atoms with Gasteiger partial charge in [-0.3, -0.25) is 0 Å². The molecule has 0 spiro atoms. The fourth-order valence-corrected chi connectivity index (χ4v) is 1.35. The quantitative estimate of drug-likeness (QED) is 0.565. The maximum atomic E-state index is 9.50. The largest absolute Gasteiger partial charge is 0.508 e. The highest BCUT2D eigenvalue weighted by molar-refractivity contribution is 5.32. The molecule has 1 rings (SSSR count). The summed E-state index contributed by atoms with van der Waals surface area (Å²) in [6.07, 6.45) is 6.08. The van der Waals surface area contributed by atoms with Crippen molar-refractivity contribution >= 4 is 0 Å². The molecule has 11 heavy (non-hydrogen) atoms. The lowest BCUT2D eigenvalue weighted by molar-refractivity contribution is 0.372. The van der Waals surface area contributed by atoms with Crippen LogP contribution in [0.2, 0.25) is 0 Å². The van der Waals surface area contributed by atoms with Gasteiger partial charge >= 0.3 is 0 Å². The predicted molar refractivity (Wildman–Crippen MR) is 47.5 cm³/mol. The summed E-state index contributed by atoms with van der Waals surface area (Å²) in [4.78, 5) is 0. The molecule has 0 aromatic carbocycles. The van der Waals surface area contributed by atoms with Gasteiger partial charge in [-0.15, -0.1) is 0 Å². The lowest BCUT2D eigenvalue weighted by Crippen LogP contribution is -2.13. The summed E-state index contributed by atoms with van der Waals surface area (Å²) in [6.45, 7) is 6.36. The average Bonchev–Trinajstić information content (AvgIpc) is 1.86. The smallest absolute Gasteiger partial charge is 0.115 e. The molecule has 0 unspecified atom stereocenters.